The first-order chi connectivity index (χ1) is 13.2. The predicted octanol–water partition coefficient (Wildman–Crippen LogP) is 4.43. The first-order valence-electron chi connectivity index (χ1n) is 8.58. The molecule has 0 saturated carbocycles. The van der Waals surface area contributed by atoms with Crippen LogP contribution in [0.3, 0.4) is 0 Å². The van der Waals surface area contributed by atoms with Gasteiger partial charge in [0.1, 0.15) is 22.6 Å². The molecule has 5 nitrogen and oxygen atoms in total. The second-order valence-corrected chi connectivity index (χ2v) is 6.59. The van der Waals surface area contributed by atoms with Gasteiger partial charge < -0.3 is 14.4 Å². The van der Waals surface area contributed by atoms with Gasteiger partial charge in [0.05, 0.1) is 13.1 Å². The molecule has 0 radical (unpaired) electrons. The van der Waals surface area contributed by atoms with Crippen molar-refractivity contribution in [1.29, 1.82) is 0 Å². The molecule has 1 fully saturated rings. The molecule has 0 spiro atoms. The van der Waals surface area contributed by atoms with Gasteiger partial charge in [-0.15, -0.1) is 0 Å². The summed E-state index contributed by atoms with van der Waals surface area (Å²) in [6, 6.07) is 20.1. The zero-order valence-electron chi connectivity index (χ0n) is 14.4. The molecule has 1 aliphatic rings. The molecule has 0 atom stereocenters. The van der Waals surface area contributed by atoms with E-state index in [1.165, 1.54) is 0 Å². The number of carbonyl (C=O) groups is 1. The monoisotopic (exact) mass is 380 g/mol. The summed E-state index contributed by atoms with van der Waals surface area (Å²) < 4.78 is 11.5. The fraction of sp³-hybridized carbons (Fsp3) is 0.143. The number of likely N-dealkylation sites (tertiary alicyclic amines) is 1. The maximum atomic E-state index is 12.5. The average molecular weight is 381 g/mol. The topological polar surface area (TPSA) is 51.7 Å². The molecule has 6 heteroatoms. The fourth-order valence-electron chi connectivity index (χ4n) is 2.77. The molecule has 1 aromatic heterocycles. The maximum absolute atomic E-state index is 12.5. The van der Waals surface area contributed by atoms with Gasteiger partial charge in [-0.25, -0.2) is 4.98 Å². The Balaban J connectivity index is 1.32. The number of ether oxygens (including phenoxy) is 2. The zero-order chi connectivity index (χ0) is 18.6. The first kappa shape index (κ1) is 17.4. The van der Waals surface area contributed by atoms with E-state index in [2.05, 4.69) is 4.98 Å². The van der Waals surface area contributed by atoms with Gasteiger partial charge in [-0.2, -0.15) is 0 Å². The molecule has 3 aromatic rings. The van der Waals surface area contributed by atoms with E-state index in [0.29, 0.717) is 35.3 Å². The lowest BCUT2D eigenvalue weighted by Gasteiger charge is -2.38. The summed E-state index contributed by atoms with van der Waals surface area (Å²) in [6.45, 7) is 1.02. The standard InChI is InChI=1S/C21H17ClN2O3/c22-19-7-4-12-23-20(19)27-18-13-24(14-18)21(25)15-8-10-17(11-9-15)26-16-5-2-1-3-6-16/h1-12,18H,13-14H2. The van der Waals surface area contributed by atoms with Crippen LogP contribution in [0.4, 0.5) is 0 Å². The number of carbonyl (C=O) groups excluding carboxylic acids is 1. The number of benzene rings is 2. The molecule has 1 aliphatic heterocycles. The largest absolute Gasteiger partial charge is 0.470 e. The lowest BCUT2D eigenvalue weighted by Crippen LogP contribution is -2.56. The summed E-state index contributed by atoms with van der Waals surface area (Å²) in [5.74, 6) is 1.81. The van der Waals surface area contributed by atoms with Gasteiger partial charge in [0.2, 0.25) is 5.88 Å². The van der Waals surface area contributed by atoms with E-state index in [4.69, 9.17) is 21.1 Å². The van der Waals surface area contributed by atoms with Crippen LogP contribution in [0.25, 0.3) is 0 Å². The Bertz CT molecular complexity index is 926. The van der Waals surface area contributed by atoms with E-state index >= 15 is 0 Å². The number of halogens is 1. The van der Waals surface area contributed by atoms with E-state index in [1.54, 1.807) is 47.5 Å². The Hall–Kier alpha value is -3.05. The van der Waals surface area contributed by atoms with Gasteiger partial charge in [0.15, 0.2) is 0 Å². The third-order valence-corrected chi connectivity index (χ3v) is 4.51. The van der Waals surface area contributed by atoms with Gasteiger partial charge in [0, 0.05) is 11.8 Å². The maximum Gasteiger partial charge on any atom is 0.254 e. The lowest BCUT2D eigenvalue weighted by molar-refractivity contribution is 0.0160. The number of pyridine rings is 1. The third kappa shape index (κ3) is 4.04. The second-order valence-electron chi connectivity index (χ2n) is 6.18. The highest BCUT2D eigenvalue weighted by atomic mass is 35.5. The molecule has 0 N–H and O–H groups in total. The van der Waals surface area contributed by atoms with Crippen molar-refractivity contribution in [1.82, 2.24) is 9.88 Å². The molecule has 0 bridgehead atoms. The Morgan fingerprint density at radius 3 is 2.37 bits per heavy atom. The highest BCUT2D eigenvalue weighted by Crippen LogP contribution is 2.25. The van der Waals surface area contributed by atoms with E-state index in [9.17, 15) is 4.79 Å². The summed E-state index contributed by atoms with van der Waals surface area (Å²) in [5.41, 5.74) is 0.615. The van der Waals surface area contributed by atoms with Crippen molar-refractivity contribution in [3.63, 3.8) is 0 Å². The summed E-state index contributed by atoms with van der Waals surface area (Å²) >= 11 is 6.04. The van der Waals surface area contributed by atoms with Gasteiger partial charge >= 0.3 is 0 Å². The van der Waals surface area contributed by atoms with Crippen molar-refractivity contribution in [3.8, 4) is 17.4 Å². The quantitative estimate of drug-likeness (QED) is 0.657. The normalized spacial score (nSPS) is 13.7. The van der Waals surface area contributed by atoms with Gasteiger partial charge in [-0.05, 0) is 48.5 Å². The number of hydrogen-bond acceptors (Lipinski definition) is 4. The SMILES string of the molecule is O=C(c1ccc(Oc2ccccc2)cc1)N1CC(Oc2ncccc2Cl)C1. The molecular weight excluding hydrogens is 364 g/mol. The van der Waals surface area contributed by atoms with Crippen LogP contribution < -0.4 is 9.47 Å². The smallest absolute Gasteiger partial charge is 0.254 e. The predicted molar refractivity (Wildman–Crippen MR) is 103 cm³/mol. The number of amides is 1. The fourth-order valence-corrected chi connectivity index (χ4v) is 2.93. The van der Waals surface area contributed by atoms with Crippen LogP contribution in [0.1, 0.15) is 10.4 Å². The van der Waals surface area contributed by atoms with Gasteiger partial charge in [-0.3, -0.25) is 4.79 Å². The van der Waals surface area contributed by atoms with Crippen molar-refractivity contribution in [2.45, 2.75) is 6.10 Å². The summed E-state index contributed by atoms with van der Waals surface area (Å²) in [5, 5.41) is 0.469. The molecule has 0 unspecified atom stereocenters. The molecule has 2 heterocycles. The Labute approximate surface area is 162 Å². The summed E-state index contributed by atoms with van der Waals surface area (Å²) in [7, 11) is 0. The number of para-hydroxylation sites is 1. The molecule has 0 aliphatic carbocycles. The molecular formula is C21H17ClN2O3. The minimum atomic E-state index is -0.0953. The van der Waals surface area contributed by atoms with Gasteiger partial charge in [-0.1, -0.05) is 29.8 Å². The van der Waals surface area contributed by atoms with Gasteiger partial charge in [0.25, 0.3) is 5.91 Å². The minimum absolute atomic E-state index is 0.0340. The van der Waals surface area contributed by atoms with E-state index in [1.807, 2.05) is 30.3 Å². The minimum Gasteiger partial charge on any atom is -0.470 e. The lowest BCUT2D eigenvalue weighted by atomic mass is 10.1. The molecule has 4 rings (SSSR count). The highest BCUT2D eigenvalue weighted by Gasteiger charge is 2.33. The average Bonchev–Trinajstić information content (AvgIpc) is 2.67. The Morgan fingerprint density at radius 2 is 1.67 bits per heavy atom. The van der Waals surface area contributed by atoms with Crippen LogP contribution in [0.2, 0.25) is 5.02 Å². The van der Waals surface area contributed by atoms with Crippen molar-refractivity contribution in [3.05, 3.63) is 83.5 Å². The number of rotatable bonds is 5. The zero-order valence-corrected chi connectivity index (χ0v) is 15.2. The molecule has 27 heavy (non-hydrogen) atoms. The number of hydrogen-bond donors (Lipinski definition) is 0. The van der Waals surface area contributed by atoms with E-state index in [0.717, 1.165) is 5.75 Å². The molecule has 1 saturated heterocycles. The van der Waals surface area contributed by atoms with Crippen molar-refractivity contribution >= 4 is 17.5 Å². The van der Waals surface area contributed by atoms with Crippen LogP contribution in [-0.2, 0) is 0 Å². The van der Waals surface area contributed by atoms with Crippen molar-refractivity contribution in [2.75, 3.05) is 13.1 Å². The third-order valence-electron chi connectivity index (χ3n) is 4.22. The van der Waals surface area contributed by atoms with E-state index < -0.39 is 0 Å². The summed E-state index contributed by atoms with van der Waals surface area (Å²) in [6.07, 6.45) is 1.53. The second kappa shape index (κ2) is 7.68. The molecule has 1 amide bonds. The van der Waals surface area contributed by atoms with Crippen LogP contribution >= 0.6 is 11.6 Å². The molecule has 2 aromatic carbocycles. The Morgan fingerprint density at radius 1 is 0.963 bits per heavy atom. The number of aromatic nitrogens is 1. The van der Waals surface area contributed by atoms with Crippen LogP contribution in [0.5, 0.6) is 17.4 Å². The number of nitrogens with zero attached hydrogens (tertiary/aromatic N) is 2. The van der Waals surface area contributed by atoms with Crippen LogP contribution in [0.15, 0.2) is 72.9 Å². The van der Waals surface area contributed by atoms with E-state index in [-0.39, 0.29) is 12.0 Å². The Kier molecular flexibility index (Phi) is 4.94. The van der Waals surface area contributed by atoms with Crippen molar-refractivity contribution < 1.29 is 14.3 Å². The molecule has 136 valence electrons. The summed E-state index contributed by atoms with van der Waals surface area (Å²) in [4.78, 5) is 18.4. The highest BCUT2D eigenvalue weighted by molar-refractivity contribution is 6.31. The van der Waals surface area contributed by atoms with Crippen molar-refractivity contribution in [2.24, 2.45) is 0 Å². The van der Waals surface area contributed by atoms with Crippen LogP contribution in [-0.4, -0.2) is 35.0 Å². The van der Waals surface area contributed by atoms with Crippen LogP contribution in [0, 0.1) is 0 Å². The first-order valence-corrected chi connectivity index (χ1v) is 8.96.